The fourth-order valence-electron chi connectivity index (χ4n) is 3.84. The summed E-state index contributed by atoms with van der Waals surface area (Å²) in [6.07, 6.45) is 3.69. The van der Waals surface area contributed by atoms with E-state index < -0.39 is 4.92 Å². The molecule has 0 aromatic heterocycles. The average Bonchev–Trinajstić information content (AvgIpc) is 3.26. The van der Waals surface area contributed by atoms with Gasteiger partial charge >= 0.3 is 5.69 Å². The molecular formula is C19H27ClN4O5. The first-order valence-corrected chi connectivity index (χ1v) is 9.62. The van der Waals surface area contributed by atoms with Crippen LogP contribution in [-0.4, -0.2) is 61.0 Å². The Hall–Kier alpha value is -2.39. The molecule has 0 spiro atoms. The lowest BCUT2D eigenvalue weighted by Gasteiger charge is -2.33. The summed E-state index contributed by atoms with van der Waals surface area (Å²) in [5, 5.41) is 17.2. The van der Waals surface area contributed by atoms with Crippen LogP contribution < -0.4 is 15.4 Å². The molecule has 3 rings (SSSR count). The number of nitro groups is 1. The van der Waals surface area contributed by atoms with Crippen LogP contribution >= 0.6 is 12.4 Å². The van der Waals surface area contributed by atoms with Gasteiger partial charge in [-0.25, -0.2) is 0 Å². The van der Waals surface area contributed by atoms with Crippen molar-refractivity contribution in [3.8, 4) is 5.75 Å². The molecule has 2 heterocycles. The van der Waals surface area contributed by atoms with Gasteiger partial charge in [0.2, 0.25) is 5.91 Å². The van der Waals surface area contributed by atoms with Crippen LogP contribution in [0.25, 0.3) is 0 Å². The van der Waals surface area contributed by atoms with Gasteiger partial charge in [-0.3, -0.25) is 19.7 Å². The van der Waals surface area contributed by atoms with Crippen LogP contribution in [-0.2, 0) is 4.79 Å². The largest absolute Gasteiger partial charge is 0.490 e. The maximum atomic E-state index is 12.8. The van der Waals surface area contributed by atoms with Gasteiger partial charge in [0.15, 0.2) is 5.75 Å². The van der Waals surface area contributed by atoms with E-state index >= 15 is 0 Å². The Kier molecular flexibility index (Phi) is 8.21. The van der Waals surface area contributed by atoms with E-state index in [-0.39, 0.29) is 47.6 Å². The van der Waals surface area contributed by atoms with Crippen LogP contribution in [0.15, 0.2) is 18.2 Å². The minimum absolute atomic E-state index is 0. The summed E-state index contributed by atoms with van der Waals surface area (Å²) in [4.78, 5) is 37.2. The molecule has 29 heavy (non-hydrogen) atoms. The van der Waals surface area contributed by atoms with Crippen LogP contribution in [0, 0.1) is 16.0 Å². The maximum Gasteiger partial charge on any atom is 0.310 e. The third-order valence-corrected chi connectivity index (χ3v) is 5.37. The smallest absolute Gasteiger partial charge is 0.310 e. The minimum Gasteiger partial charge on any atom is -0.490 e. The van der Waals surface area contributed by atoms with Crippen molar-refractivity contribution in [2.75, 3.05) is 33.3 Å². The molecule has 1 aromatic rings. The number of carbonyl (C=O) groups is 2. The molecule has 2 saturated heterocycles. The standard InChI is InChI=1S/C19H26N4O5.ClH/c1-28-17-10-14(6-7-16(17)23(26)27)19(25)22-9-3-4-13(12-22)11-21-18(24)15-5-2-8-20-15;/h6-7,10,13,15,20H,2-5,8-9,11-12H2,1H3,(H,21,24);1H. The molecule has 2 aliphatic heterocycles. The Bertz CT molecular complexity index is 754. The normalized spacial score (nSPS) is 21.2. The number of nitrogens with zero attached hydrogens (tertiary/aromatic N) is 2. The second kappa shape index (κ2) is 10.4. The molecule has 2 atom stereocenters. The molecule has 2 unspecified atom stereocenters. The topological polar surface area (TPSA) is 114 Å². The Morgan fingerprint density at radius 2 is 2.14 bits per heavy atom. The van der Waals surface area contributed by atoms with Gasteiger partial charge in [0.25, 0.3) is 5.91 Å². The molecule has 0 aliphatic carbocycles. The van der Waals surface area contributed by atoms with Crippen molar-refractivity contribution in [2.45, 2.75) is 31.7 Å². The fourth-order valence-corrected chi connectivity index (χ4v) is 3.84. The lowest BCUT2D eigenvalue weighted by Crippen LogP contribution is -2.46. The van der Waals surface area contributed by atoms with Crippen LogP contribution in [0.2, 0.25) is 0 Å². The molecule has 2 aliphatic rings. The third kappa shape index (κ3) is 5.57. The van der Waals surface area contributed by atoms with E-state index in [0.29, 0.717) is 25.2 Å². The number of nitrogens with one attached hydrogen (secondary N) is 2. The number of hydrogen-bond acceptors (Lipinski definition) is 6. The van der Waals surface area contributed by atoms with Crippen molar-refractivity contribution in [1.82, 2.24) is 15.5 Å². The van der Waals surface area contributed by atoms with Crippen LogP contribution in [0.4, 0.5) is 5.69 Å². The summed E-state index contributed by atoms with van der Waals surface area (Å²) < 4.78 is 5.05. The summed E-state index contributed by atoms with van der Waals surface area (Å²) >= 11 is 0. The highest BCUT2D eigenvalue weighted by Gasteiger charge is 2.28. The van der Waals surface area contributed by atoms with E-state index in [0.717, 1.165) is 32.2 Å². The molecule has 2 amide bonds. The number of likely N-dealkylation sites (tertiary alicyclic amines) is 1. The number of methoxy groups -OCH3 is 1. The maximum absolute atomic E-state index is 12.8. The lowest BCUT2D eigenvalue weighted by atomic mass is 9.97. The highest BCUT2D eigenvalue weighted by Crippen LogP contribution is 2.28. The van der Waals surface area contributed by atoms with E-state index in [2.05, 4.69) is 10.6 Å². The van der Waals surface area contributed by atoms with Crippen LogP contribution in [0.5, 0.6) is 5.75 Å². The van der Waals surface area contributed by atoms with E-state index in [1.165, 1.54) is 25.3 Å². The van der Waals surface area contributed by atoms with Gasteiger partial charge in [-0.05, 0) is 44.2 Å². The number of carbonyl (C=O) groups excluding carboxylic acids is 2. The predicted octanol–water partition coefficient (Wildman–Crippen LogP) is 1.75. The highest BCUT2D eigenvalue weighted by atomic mass is 35.5. The van der Waals surface area contributed by atoms with E-state index in [1.807, 2.05) is 0 Å². The molecule has 2 fully saturated rings. The molecule has 0 bridgehead atoms. The predicted molar refractivity (Wildman–Crippen MR) is 110 cm³/mol. The van der Waals surface area contributed by atoms with Crippen LogP contribution in [0.1, 0.15) is 36.0 Å². The molecule has 0 saturated carbocycles. The first-order chi connectivity index (χ1) is 13.5. The minimum atomic E-state index is -0.536. The highest BCUT2D eigenvalue weighted by molar-refractivity contribution is 5.95. The van der Waals surface area contributed by atoms with Crippen molar-refractivity contribution in [2.24, 2.45) is 5.92 Å². The number of hydrogen-bond donors (Lipinski definition) is 2. The van der Waals surface area contributed by atoms with E-state index in [4.69, 9.17) is 4.74 Å². The number of ether oxygens (including phenoxy) is 1. The number of halogens is 1. The van der Waals surface area contributed by atoms with Gasteiger partial charge in [0, 0.05) is 37.3 Å². The fraction of sp³-hybridized carbons (Fsp3) is 0.579. The molecule has 10 heteroatoms. The van der Waals surface area contributed by atoms with Crippen molar-refractivity contribution >= 4 is 29.9 Å². The SMILES string of the molecule is COc1cc(C(=O)N2CCCC(CNC(=O)C3CCCN3)C2)ccc1[N+](=O)[O-].Cl. The number of rotatable bonds is 6. The van der Waals surface area contributed by atoms with Gasteiger partial charge < -0.3 is 20.3 Å². The summed E-state index contributed by atoms with van der Waals surface area (Å²) in [5.41, 5.74) is 0.195. The van der Waals surface area contributed by atoms with Crippen molar-refractivity contribution < 1.29 is 19.2 Å². The molecular weight excluding hydrogens is 400 g/mol. The second-order valence-electron chi connectivity index (χ2n) is 7.30. The third-order valence-electron chi connectivity index (χ3n) is 5.37. The van der Waals surface area contributed by atoms with Gasteiger partial charge in [0.1, 0.15) is 0 Å². The van der Waals surface area contributed by atoms with Crippen LogP contribution in [0.3, 0.4) is 0 Å². The summed E-state index contributed by atoms with van der Waals surface area (Å²) in [6.45, 7) is 2.61. The number of piperidine rings is 1. The zero-order valence-electron chi connectivity index (χ0n) is 16.4. The first kappa shape index (κ1) is 22.9. The van der Waals surface area contributed by atoms with Gasteiger partial charge in [0.05, 0.1) is 18.1 Å². The van der Waals surface area contributed by atoms with Crippen molar-refractivity contribution in [3.63, 3.8) is 0 Å². The Morgan fingerprint density at radius 1 is 1.34 bits per heavy atom. The quantitative estimate of drug-likeness (QED) is 0.529. The zero-order valence-corrected chi connectivity index (χ0v) is 17.2. The molecule has 1 aromatic carbocycles. The molecule has 9 nitrogen and oxygen atoms in total. The Balaban J connectivity index is 0.00000300. The number of benzene rings is 1. The lowest BCUT2D eigenvalue weighted by molar-refractivity contribution is -0.385. The number of amides is 2. The molecule has 2 N–H and O–H groups in total. The Labute approximate surface area is 175 Å². The zero-order chi connectivity index (χ0) is 20.1. The Morgan fingerprint density at radius 3 is 2.79 bits per heavy atom. The van der Waals surface area contributed by atoms with E-state index in [9.17, 15) is 19.7 Å². The van der Waals surface area contributed by atoms with Crippen molar-refractivity contribution in [3.05, 3.63) is 33.9 Å². The summed E-state index contributed by atoms with van der Waals surface area (Å²) in [5.74, 6) is 0.117. The summed E-state index contributed by atoms with van der Waals surface area (Å²) in [6, 6.07) is 4.06. The van der Waals surface area contributed by atoms with Gasteiger partial charge in [-0.1, -0.05) is 0 Å². The first-order valence-electron chi connectivity index (χ1n) is 9.62. The summed E-state index contributed by atoms with van der Waals surface area (Å²) in [7, 11) is 1.34. The van der Waals surface area contributed by atoms with Gasteiger partial charge in [-0.15, -0.1) is 12.4 Å². The molecule has 160 valence electrons. The second-order valence-corrected chi connectivity index (χ2v) is 7.30. The molecule has 0 radical (unpaired) electrons. The number of nitro benzene ring substituents is 1. The monoisotopic (exact) mass is 426 g/mol. The van der Waals surface area contributed by atoms with E-state index in [1.54, 1.807) is 4.90 Å². The average molecular weight is 427 g/mol. The van der Waals surface area contributed by atoms with Crippen molar-refractivity contribution in [1.29, 1.82) is 0 Å². The van der Waals surface area contributed by atoms with Gasteiger partial charge in [-0.2, -0.15) is 0 Å².